The third kappa shape index (κ3) is 3.63. The first-order valence-electron chi connectivity index (χ1n) is 6.35. The predicted molar refractivity (Wildman–Crippen MR) is 76.2 cm³/mol. The largest absolute Gasteiger partial charge is 0.369 e. The summed E-state index contributed by atoms with van der Waals surface area (Å²) in [6, 6.07) is 8.05. The average molecular weight is 264 g/mol. The molecule has 1 fully saturated rings. The molecule has 0 radical (unpaired) electrons. The van der Waals surface area contributed by atoms with Gasteiger partial charge in [-0.3, -0.25) is 4.90 Å². The summed E-state index contributed by atoms with van der Waals surface area (Å²) in [5.41, 5.74) is 1.25. The number of rotatable bonds is 4. The van der Waals surface area contributed by atoms with Crippen LogP contribution in [0.1, 0.15) is 6.42 Å². The Kier molecular flexibility index (Phi) is 4.86. The summed E-state index contributed by atoms with van der Waals surface area (Å²) in [6.07, 6.45) is 0.991. The molecule has 1 saturated heterocycles. The van der Waals surface area contributed by atoms with Crippen molar-refractivity contribution in [3.63, 3.8) is 0 Å². The van der Waals surface area contributed by atoms with Crippen LogP contribution in [0.15, 0.2) is 24.3 Å². The van der Waals surface area contributed by atoms with E-state index in [4.69, 9.17) is 18.2 Å². The van der Waals surface area contributed by atoms with Gasteiger partial charge in [-0.25, -0.2) is 6.57 Å². The van der Waals surface area contributed by atoms with Crippen LogP contribution in [0.3, 0.4) is 0 Å². The van der Waals surface area contributed by atoms with Gasteiger partial charge in [0.05, 0.1) is 0 Å². The lowest BCUT2D eigenvalue weighted by molar-refractivity contribution is 0.258. The maximum absolute atomic E-state index is 6.77. The van der Waals surface area contributed by atoms with Gasteiger partial charge in [-0.1, -0.05) is 11.6 Å². The molecule has 1 aromatic rings. The topological polar surface area (TPSA) is 10.8 Å². The van der Waals surface area contributed by atoms with E-state index in [-0.39, 0.29) is 0 Å². The van der Waals surface area contributed by atoms with E-state index in [0.29, 0.717) is 6.54 Å². The second-order valence-electron chi connectivity index (χ2n) is 4.54. The average Bonchev–Trinajstić information content (AvgIpc) is 2.41. The second kappa shape index (κ2) is 6.63. The highest BCUT2D eigenvalue weighted by Crippen LogP contribution is 2.19. The quantitative estimate of drug-likeness (QED) is 0.611. The van der Waals surface area contributed by atoms with E-state index < -0.39 is 0 Å². The van der Waals surface area contributed by atoms with Crippen molar-refractivity contribution in [2.45, 2.75) is 6.42 Å². The molecule has 1 aromatic carbocycles. The summed E-state index contributed by atoms with van der Waals surface area (Å²) >= 11 is 5.89. The summed E-state index contributed by atoms with van der Waals surface area (Å²) in [7, 11) is 0. The molecule has 0 amide bonds. The molecule has 1 aliphatic heterocycles. The summed E-state index contributed by atoms with van der Waals surface area (Å²) in [5, 5.41) is 0.788. The minimum atomic E-state index is 0.650. The third-order valence-corrected chi connectivity index (χ3v) is 3.56. The van der Waals surface area contributed by atoms with E-state index in [1.807, 2.05) is 12.1 Å². The smallest absolute Gasteiger partial charge is 0.215 e. The fourth-order valence-corrected chi connectivity index (χ4v) is 2.38. The van der Waals surface area contributed by atoms with E-state index in [0.717, 1.165) is 44.2 Å². The highest BCUT2D eigenvalue weighted by molar-refractivity contribution is 6.30. The summed E-state index contributed by atoms with van der Waals surface area (Å²) in [5.74, 6) is 0. The number of anilines is 1. The van der Waals surface area contributed by atoms with Crippen LogP contribution in [0.4, 0.5) is 5.69 Å². The predicted octanol–water partition coefficient (Wildman–Crippen LogP) is 2.77. The lowest BCUT2D eigenvalue weighted by Crippen LogP contribution is -2.46. The summed E-state index contributed by atoms with van der Waals surface area (Å²) in [4.78, 5) is 8.22. The second-order valence-corrected chi connectivity index (χ2v) is 4.98. The molecule has 96 valence electrons. The molecule has 1 heterocycles. The first kappa shape index (κ1) is 13.2. The van der Waals surface area contributed by atoms with Crippen LogP contribution in [0.2, 0.25) is 5.02 Å². The molecule has 0 aliphatic carbocycles. The zero-order valence-electron chi connectivity index (χ0n) is 10.5. The SMILES string of the molecule is [C-]#[N+]CCCN1CCN(c2ccc(Cl)cc2)CC1. The monoisotopic (exact) mass is 263 g/mol. The molecule has 2 rings (SSSR count). The number of nitrogens with zero attached hydrogens (tertiary/aromatic N) is 3. The molecule has 0 bridgehead atoms. The van der Waals surface area contributed by atoms with Gasteiger partial charge in [-0.2, -0.15) is 0 Å². The molecule has 1 aliphatic rings. The molecule has 0 aromatic heterocycles. The first-order valence-corrected chi connectivity index (χ1v) is 6.73. The van der Waals surface area contributed by atoms with Crippen LogP contribution in [0.25, 0.3) is 4.85 Å². The number of piperazine rings is 1. The minimum Gasteiger partial charge on any atom is -0.369 e. The van der Waals surface area contributed by atoms with Crippen molar-refractivity contribution in [3.8, 4) is 0 Å². The summed E-state index contributed by atoms with van der Waals surface area (Å²) in [6.45, 7) is 12.8. The molecule has 18 heavy (non-hydrogen) atoms. The van der Waals surface area contributed by atoms with Gasteiger partial charge < -0.3 is 9.74 Å². The molecular weight excluding hydrogens is 246 g/mol. The Hall–Kier alpha value is -1.24. The normalized spacial score (nSPS) is 16.6. The maximum atomic E-state index is 6.77. The summed E-state index contributed by atoms with van der Waals surface area (Å²) < 4.78 is 0. The van der Waals surface area contributed by atoms with Gasteiger partial charge in [0.25, 0.3) is 0 Å². The van der Waals surface area contributed by atoms with E-state index in [1.165, 1.54) is 5.69 Å². The molecule has 0 saturated carbocycles. The van der Waals surface area contributed by atoms with E-state index in [1.54, 1.807) is 0 Å². The standard InChI is InChI=1S/C14H18ClN3/c1-16-7-2-8-17-9-11-18(12-10-17)14-5-3-13(15)4-6-14/h3-6H,2,7-12H2. The Bertz CT molecular complexity index is 402. The fourth-order valence-electron chi connectivity index (χ4n) is 2.25. The number of halogens is 1. The van der Waals surface area contributed by atoms with Crippen molar-refractivity contribution in [2.24, 2.45) is 0 Å². The Morgan fingerprint density at radius 3 is 2.39 bits per heavy atom. The lowest BCUT2D eigenvalue weighted by atomic mass is 10.2. The van der Waals surface area contributed by atoms with Crippen molar-refractivity contribution in [2.75, 3.05) is 44.2 Å². The Morgan fingerprint density at radius 2 is 1.78 bits per heavy atom. The number of hydrogen-bond acceptors (Lipinski definition) is 2. The minimum absolute atomic E-state index is 0.650. The van der Waals surface area contributed by atoms with Gasteiger partial charge in [0, 0.05) is 49.9 Å². The maximum Gasteiger partial charge on any atom is 0.215 e. The van der Waals surface area contributed by atoms with Gasteiger partial charge >= 0.3 is 0 Å². The third-order valence-electron chi connectivity index (χ3n) is 3.31. The van der Waals surface area contributed by atoms with E-state index in [9.17, 15) is 0 Å². The van der Waals surface area contributed by atoms with Crippen LogP contribution < -0.4 is 4.90 Å². The van der Waals surface area contributed by atoms with Crippen molar-refractivity contribution in [3.05, 3.63) is 40.7 Å². The zero-order valence-corrected chi connectivity index (χ0v) is 11.2. The highest BCUT2D eigenvalue weighted by atomic mass is 35.5. The van der Waals surface area contributed by atoms with Gasteiger partial charge in [-0.15, -0.1) is 0 Å². The molecule has 4 heteroatoms. The first-order chi connectivity index (χ1) is 8.79. The van der Waals surface area contributed by atoms with Gasteiger partial charge in [-0.05, 0) is 24.3 Å². The van der Waals surface area contributed by atoms with Crippen molar-refractivity contribution in [1.82, 2.24) is 4.90 Å². The molecule has 0 N–H and O–H groups in total. The molecule has 0 spiro atoms. The molecule has 3 nitrogen and oxygen atoms in total. The Labute approximate surface area is 114 Å². The van der Waals surface area contributed by atoms with Crippen LogP contribution in [0, 0.1) is 6.57 Å². The Balaban J connectivity index is 1.79. The van der Waals surface area contributed by atoms with Crippen LogP contribution in [-0.2, 0) is 0 Å². The van der Waals surface area contributed by atoms with Crippen molar-refractivity contribution < 1.29 is 0 Å². The molecule has 0 unspecified atom stereocenters. The van der Waals surface area contributed by atoms with Gasteiger partial charge in [0.2, 0.25) is 6.54 Å². The van der Waals surface area contributed by atoms with Crippen LogP contribution in [-0.4, -0.2) is 44.2 Å². The van der Waals surface area contributed by atoms with Gasteiger partial charge in [0.1, 0.15) is 0 Å². The fraction of sp³-hybridized carbons (Fsp3) is 0.500. The van der Waals surface area contributed by atoms with Crippen LogP contribution in [0.5, 0.6) is 0 Å². The molecular formula is C14H18ClN3. The van der Waals surface area contributed by atoms with Gasteiger partial charge in [0.15, 0.2) is 0 Å². The number of hydrogen-bond donors (Lipinski definition) is 0. The molecule has 0 atom stereocenters. The zero-order chi connectivity index (χ0) is 12.8. The van der Waals surface area contributed by atoms with Crippen molar-refractivity contribution in [1.29, 1.82) is 0 Å². The van der Waals surface area contributed by atoms with Crippen molar-refractivity contribution >= 4 is 17.3 Å². The number of benzene rings is 1. The Morgan fingerprint density at radius 1 is 1.11 bits per heavy atom. The van der Waals surface area contributed by atoms with E-state index in [2.05, 4.69) is 26.8 Å². The lowest BCUT2D eigenvalue weighted by Gasteiger charge is -2.35. The van der Waals surface area contributed by atoms with Crippen LogP contribution >= 0.6 is 11.6 Å². The highest BCUT2D eigenvalue weighted by Gasteiger charge is 2.16. The van der Waals surface area contributed by atoms with E-state index >= 15 is 0 Å².